The molecule has 2 aromatic heterocycles. The molecule has 2 heterocycles. The van der Waals surface area contributed by atoms with E-state index in [1.54, 1.807) is 30.4 Å². The molecule has 0 bridgehead atoms. The van der Waals surface area contributed by atoms with Gasteiger partial charge in [-0.1, -0.05) is 6.07 Å². The lowest BCUT2D eigenvalue weighted by atomic mass is 10.1. The Labute approximate surface area is 169 Å². The fourth-order valence-electron chi connectivity index (χ4n) is 2.58. The number of carbonyl (C=O) groups excluding carboxylic acids is 1. The molecule has 0 aliphatic heterocycles. The highest BCUT2D eigenvalue weighted by Crippen LogP contribution is 2.30. The third-order valence-corrected chi connectivity index (χ3v) is 5.80. The molecule has 0 aliphatic carbocycles. The number of aromatic nitrogens is 1. The number of amides is 1. The van der Waals surface area contributed by atoms with Gasteiger partial charge in [-0.15, -0.1) is 11.3 Å². The molecule has 0 saturated heterocycles. The summed E-state index contributed by atoms with van der Waals surface area (Å²) in [6, 6.07) is 6.77. The minimum Gasteiger partial charge on any atom is -0.493 e. The van der Waals surface area contributed by atoms with Crippen molar-refractivity contribution >= 4 is 28.6 Å². The van der Waals surface area contributed by atoms with E-state index in [9.17, 15) is 13.6 Å². The first-order valence-electron chi connectivity index (χ1n) is 8.38. The molecule has 5 nitrogen and oxygen atoms in total. The Balaban J connectivity index is 1.61. The molecule has 1 aromatic carbocycles. The van der Waals surface area contributed by atoms with E-state index < -0.39 is 6.61 Å². The molecule has 1 N–H and O–H groups in total. The maximum Gasteiger partial charge on any atom is 0.387 e. The fourth-order valence-corrected chi connectivity index (χ4v) is 4.28. The summed E-state index contributed by atoms with van der Waals surface area (Å²) in [5, 5.41) is 7.62. The third-order valence-electron chi connectivity index (χ3n) is 3.91. The highest BCUT2D eigenvalue weighted by atomic mass is 32.1. The molecule has 1 amide bonds. The van der Waals surface area contributed by atoms with Gasteiger partial charge in [0.2, 0.25) is 0 Å². The van der Waals surface area contributed by atoms with Gasteiger partial charge in [0.25, 0.3) is 5.91 Å². The van der Waals surface area contributed by atoms with Crippen LogP contribution < -0.4 is 14.8 Å². The van der Waals surface area contributed by atoms with Gasteiger partial charge in [-0.05, 0) is 42.5 Å². The van der Waals surface area contributed by atoms with Crippen molar-refractivity contribution in [3.05, 3.63) is 51.2 Å². The van der Waals surface area contributed by atoms with Gasteiger partial charge in [0.15, 0.2) is 11.5 Å². The number of methoxy groups -OCH3 is 1. The van der Waals surface area contributed by atoms with Crippen LogP contribution in [0.1, 0.15) is 20.9 Å². The van der Waals surface area contributed by atoms with Crippen LogP contribution >= 0.6 is 22.7 Å². The van der Waals surface area contributed by atoms with Crippen molar-refractivity contribution in [1.82, 2.24) is 10.3 Å². The van der Waals surface area contributed by atoms with Crippen LogP contribution in [0.5, 0.6) is 11.5 Å². The zero-order valence-electron chi connectivity index (χ0n) is 15.2. The summed E-state index contributed by atoms with van der Waals surface area (Å²) in [4.78, 5) is 17.5. The van der Waals surface area contributed by atoms with E-state index in [0.29, 0.717) is 23.5 Å². The number of hydrogen-bond donors (Lipinski definition) is 1. The van der Waals surface area contributed by atoms with E-state index in [1.165, 1.54) is 24.5 Å². The summed E-state index contributed by atoms with van der Waals surface area (Å²) in [7, 11) is 1.38. The van der Waals surface area contributed by atoms with Gasteiger partial charge in [0.05, 0.1) is 12.8 Å². The molecule has 0 fully saturated rings. The largest absolute Gasteiger partial charge is 0.493 e. The Hall–Kier alpha value is -2.52. The first kappa shape index (κ1) is 20.2. The number of ether oxygens (including phenoxy) is 2. The number of nitrogens with zero attached hydrogens (tertiary/aromatic N) is 1. The van der Waals surface area contributed by atoms with Crippen LogP contribution in [0.3, 0.4) is 0 Å². The zero-order valence-corrected chi connectivity index (χ0v) is 16.8. The Bertz CT molecular complexity index is 943. The molecule has 3 rings (SSSR count). The van der Waals surface area contributed by atoms with Crippen molar-refractivity contribution in [3.8, 4) is 22.1 Å². The lowest BCUT2D eigenvalue weighted by Crippen LogP contribution is -2.25. The topological polar surface area (TPSA) is 60.5 Å². The monoisotopic (exact) mass is 424 g/mol. The smallest absolute Gasteiger partial charge is 0.387 e. The quantitative estimate of drug-likeness (QED) is 0.566. The number of benzene rings is 1. The Morgan fingerprint density at radius 3 is 2.79 bits per heavy atom. The van der Waals surface area contributed by atoms with E-state index in [2.05, 4.69) is 15.0 Å². The van der Waals surface area contributed by atoms with Crippen LogP contribution in [-0.4, -0.2) is 31.2 Å². The Morgan fingerprint density at radius 2 is 2.11 bits per heavy atom. The van der Waals surface area contributed by atoms with Gasteiger partial charge in [0, 0.05) is 17.5 Å². The molecule has 148 valence electrons. The van der Waals surface area contributed by atoms with Crippen LogP contribution in [0.25, 0.3) is 10.6 Å². The SMILES string of the molecule is COc1ccc(CCNC(=O)c2sc(-c3ccsc3)nc2C)cc1OC(F)F. The van der Waals surface area contributed by atoms with Gasteiger partial charge in [-0.2, -0.15) is 20.1 Å². The van der Waals surface area contributed by atoms with Gasteiger partial charge < -0.3 is 14.8 Å². The normalized spacial score (nSPS) is 10.9. The number of aryl methyl sites for hydroxylation is 1. The van der Waals surface area contributed by atoms with E-state index in [0.717, 1.165) is 16.1 Å². The number of nitrogens with one attached hydrogen (secondary N) is 1. The lowest BCUT2D eigenvalue weighted by Gasteiger charge is -2.11. The van der Waals surface area contributed by atoms with Crippen LogP contribution in [-0.2, 0) is 6.42 Å². The maximum absolute atomic E-state index is 12.5. The molecule has 0 radical (unpaired) electrons. The van der Waals surface area contributed by atoms with Crippen molar-refractivity contribution in [1.29, 1.82) is 0 Å². The highest BCUT2D eigenvalue weighted by molar-refractivity contribution is 7.17. The molecular formula is C19H18F2N2O3S2. The number of rotatable bonds is 8. The number of carbonyl (C=O) groups is 1. The van der Waals surface area contributed by atoms with Crippen molar-refractivity contribution in [3.63, 3.8) is 0 Å². The number of thiophene rings is 1. The molecule has 28 heavy (non-hydrogen) atoms. The summed E-state index contributed by atoms with van der Waals surface area (Å²) in [5.74, 6) is 0.00316. The van der Waals surface area contributed by atoms with Crippen LogP contribution in [0.15, 0.2) is 35.0 Å². The van der Waals surface area contributed by atoms with E-state index >= 15 is 0 Å². The Morgan fingerprint density at radius 1 is 1.29 bits per heavy atom. The van der Waals surface area contributed by atoms with Crippen molar-refractivity contribution in [2.45, 2.75) is 20.0 Å². The molecule has 0 aliphatic rings. The van der Waals surface area contributed by atoms with Gasteiger partial charge in [-0.25, -0.2) is 4.98 Å². The predicted octanol–water partition coefficient (Wildman–Crippen LogP) is 4.76. The van der Waals surface area contributed by atoms with Gasteiger partial charge in [-0.3, -0.25) is 4.79 Å². The summed E-state index contributed by atoms with van der Waals surface area (Å²) in [5.41, 5.74) is 2.43. The summed E-state index contributed by atoms with van der Waals surface area (Å²) >= 11 is 2.93. The number of hydrogen-bond acceptors (Lipinski definition) is 6. The minimum absolute atomic E-state index is 0.0277. The minimum atomic E-state index is -2.93. The average Bonchev–Trinajstić information content (AvgIpc) is 3.31. The molecule has 9 heteroatoms. The molecule has 3 aromatic rings. The second-order valence-corrected chi connectivity index (χ2v) is 7.59. The average molecular weight is 424 g/mol. The summed E-state index contributed by atoms with van der Waals surface area (Å²) < 4.78 is 34.5. The first-order valence-corrected chi connectivity index (χ1v) is 10.1. The number of alkyl halides is 2. The van der Waals surface area contributed by atoms with Crippen LogP contribution in [0, 0.1) is 6.92 Å². The van der Waals surface area contributed by atoms with Gasteiger partial charge in [0.1, 0.15) is 9.88 Å². The molecule has 0 saturated carbocycles. The summed E-state index contributed by atoms with van der Waals surface area (Å²) in [6.07, 6.45) is 0.463. The first-order chi connectivity index (χ1) is 13.5. The molecule has 0 atom stereocenters. The van der Waals surface area contributed by atoms with Crippen molar-refractivity contribution in [2.24, 2.45) is 0 Å². The van der Waals surface area contributed by atoms with E-state index in [4.69, 9.17) is 4.74 Å². The second-order valence-electron chi connectivity index (χ2n) is 5.82. The third kappa shape index (κ3) is 4.85. The summed E-state index contributed by atoms with van der Waals surface area (Å²) in [6.45, 7) is -0.779. The number of halogens is 2. The standard InChI is InChI=1S/C19H18F2N2O3S2/c1-11-16(28-18(23-11)13-6-8-27-10-13)17(24)22-7-5-12-3-4-14(25-2)15(9-12)26-19(20)21/h3-4,6,8-10,19H,5,7H2,1-2H3,(H,22,24). The van der Waals surface area contributed by atoms with Crippen molar-refractivity contribution in [2.75, 3.05) is 13.7 Å². The number of thiazole rings is 1. The highest BCUT2D eigenvalue weighted by Gasteiger charge is 2.16. The van der Waals surface area contributed by atoms with Crippen LogP contribution in [0.4, 0.5) is 8.78 Å². The predicted molar refractivity (Wildman–Crippen MR) is 106 cm³/mol. The van der Waals surface area contributed by atoms with Gasteiger partial charge >= 0.3 is 6.61 Å². The molecule has 0 spiro atoms. The Kier molecular flexibility index (Phi) is 6.58. The fraction of sp³-hybridized carbons (Fsp3) is 0.263. The van der Waals surface area contributed by atoms with Crippen molar-refractivity contribution < 1.29 is 23.0 Å². The van der Waals surface area contributed by atoms with Crippen LogP contribution in [0.2, 0.25) is 0 Å². The maximum atomic E-state index is 12.5. The molecule has 0 unspecified atom stereocenters. The lowest BCUT2D eigenvalue weighted by molar-refractivity contribution is -0.0512. The molecular weight excluding hydrogens is 406 g/mol. The zero-order chi connectivity index (χ0) is 20.1. The van der Waals surface area contributed by atoms with E-state index in [1.807, 2.05) is 16.8 Å². The second kappa shape index (κ2) is 9.11. The van der Waals surface area contributed by atoms with E-state index in [-0.39, 0.29) is 17.4 Å².